The van der Waals surface area contributed by atoms with Crippen LogP contribution in [0, 0.1) is 5.92 Å². The Morgan fingerprint density at radius 3 is 2.37 bits per heavy atom. The maximum absolute atomic E-state index is 3.76. The second kappa shape index (κ2) is 8.93. The van der Waals surface area contributed by atoms with Crippen molar-refractivity contribution in [2.45, 2.75) is 58.5 Å². The minimum Gasteiger partial charge on any atom is -0.313 e. The van der Waals surface area contributed by atoms with Crippen molar-refractivity contribution in [2.24, 2.45) is 5.92 Å². The van der Waals surface area contributed by atoms with Crippen LogP contribution in [0.2, 0.25) is 0 Å². The molecule has 2 unspecified atom stereocenters. The van der Waals surface area contributed by atoms with E-state index in [1.807, 2.05) is 0 Å². The van der Waals surface area contributed by atoms with E-state index in [1.165, 1.54) is 45.3 Å². The van der Waals surface area contributed by atoms with Crippen LogP contribution in [0.4, 0.5) is 0 Å². The molecule has 1 rings (SSSR count). The van der Waals surface area contributed by atoms with Gasteiger partial charge in [-0.2, -0.15) is 0 Å². The van der Waals surface area contributed by atoms with Gasteiger partial charge in [0.1, 0.15) is 0 Å². The van der Waals surface area contributed by atoms with Crippen LogP contribution in [-0.4, -0.2) is 62.2 Å². The second-order valence-corrected chi connectivity index (χ2v) is 6.25. The smallest absolute Gasteiger partial charge is 0.0373 e. The third kappa shape index (κ3) is 5.41. The first-order valence-electron chi connectivity index (χ1n) is 8.24. The van der Waals surface area contributed by atoms with E-state index in [-0.39, 0.29) is 0 Å². The van der Waals surface area contributed by atoms with Crippen molar-refractivity contribution in [1.82, 2.24) is 15.1 Å². The molecule has 2 atom stereocenters. The monoisotopic (exact) mass is 269 g/mol. The van der Waals surface area contributed by atoms with Gasteiger partial charge in [0.2, 0.25) is 0 Å². The highest BCUT2D eigenvalue weighted by molar-refractivity contribution is 4.88. The van der Waals surface area contributed by atoms with Crippen LogP contribution < -0.4 is 5.32 Å². The molecule has 3 nitrogen and oxygen atoms in total. The molecule has 1 heterocycles. The van der Waals surface area contributed by atoms with Crippen LogP contribution in [0.15, 0.2) is 0 Å². The van der Waals surface area contributed by atoms with Gasteiger partial charge in [-0.25, -0.2) is 0 Å². The van der Waals surface area contributed by atoms with Crippen molar-refractivity contribution in [3.63, 3.8) is 0 Å². The summed E-state index contributed by atoms with van der Waals surface area (Å²) in [7, 11) is 4.58. The number of hydrogen-bond donors (Lipinski definition) is 1. The molecule has 0 aromatic carbocycles. The van der Waals surface area contributed by atoms with E-state index in [2.05, 4.69) is 50.0 Å². The van der Waals surface area contributed by atoms with E-state index in [0.717, 1.165) is 12.5 Å². The van der Waals surface area contributed by atoms with Crippen LogP contribution in [0.5, 0.6) is 0 Å². The molecule has 0 bridgehead atoms. The van der Waals surface area contributed by atoms with Crippen LogP contribution in [0.3, 0.4) is 0 Å². The number of likely N-dealkylation sites (N-methyl/N-ethyl adjacent to an activating group) is 3. The lowest BCUT2D eigenvalue weighted by Crippen LogP contribution is -2.52. The zero-order valence-electron chi connectivity index (χ0n) is 13.8. The molecule has 1 aliphatic rings. The zero-order valence-corrected chi connectivity index (χ0v) is 13.8. The van der Waals surface area contributed by atoms with Crippen molar-refractivity contribution < 1.29 is 0 Å². The molecule has 0 amide bonds. The van der Waals surface area contributed by atoms with Gasteiger partial charge in [-0.1, -0.05) is 33.6 Å². The van der Waals surface area contributed by atoms with Gasteiger partial charge >= 0.3 is 0 Å². The maximum atomic E-state index is 3.76. The lowest BCUT2D eigenvalue weighted by molar-refractivity contribution is 0.160. The number of nitrogens with one attached hydrogen (secondary N) is 1. The summed E-state index contributed by atoms with van der Waals surface area (Å²) < 4.78 is 0. The molecule has 1 aliphatic heterocycles. The highest BCUT2D eigenvalue weighted by atomic mass is 15.2. The van der Waals surface area contributed by atoms with Crippen LogP contribution in [0.1, 0.15) is 46.5 Å². The predicted octanol–water partition coefficient (Wildman–Crippen LogP) is 2.43. The fraction of sp³-hybridized carbons (Fsp3) is 1.00. The van der Waals surface area contributed by atoms with Crippen molar-refractivity contribution in [2.75, 3.05) is 40.3 Å². The Kier molecular flexibility index (Phi) is 7.96. The third-order valence-electron chi connectivity index (χ3n) is 4.79. The van der Waals surface area contributed by atoms with Gasteiger partial charge in [-0.15, -0.1) is 0 Å². The lowest BCUT2D eigenvalue weighted by Gasteiger charge is -2.36. The van der Waals surface area contributed by atoms with E-state index < -0.39 is 0 Å². The maximum Gasteiger partial charge on any atom is 0.0373 e. The van der Waals surface area contributed by atoms with Gasteiger partial charge in [0.05, 0.1) is 0 Å². The fourth-order valence-corrected chi connectivity index (χ4v) is 3.36. The summed E-state index contributed by atoms with van der Waals surface area (Å²) in [6.45, 7) is 11.7. The topological polar surface area (TPSA) is 18.5 Å². The number of hydrogen-bond acceptors (Lipinski definition) is 3. The van der Waals surface area contributed by atoms with Gasteiger partial charge in [-0.05, 0) is 52.5 Å². The molecule has 0 spiro atoms. The first-order valence-corrected chi connectivity index (χ1v) is 8.24. The Bertz CT molecular complexity index is 228. The van der Waals surface area contributed by atoms with Crippen molar-refractivity contribution in [3.8, 4) is 0 Å². The number of nitrogens with zero attached hydrogens (tertiary/aromatic N) is 2. The van der Waals surface area contributed by atoms with Crippen molar-refractivity contribution in [1.29, 1.82) is 0 Å². The van der Waals surface area contributed by atoms with Gasteiger partial charge in [-0.3, -0.25) is 0 Å². The van der Waals surface area contributed by atoms with Crippen molar-refractivity contribution in [3.05, 3.63) is 0 Å². The van der Waals surface area contributed by atoms with Crippen LogP contribution in [-0.2, 0) is 0 Å². The Balaban J connectivity index is 2.70. The van der Waals surface area contributed by atoms with E-state index in [9.17, 15) is 0 Å². The highest BCUT2D eigenvalue weighted by Crippen LogP contribution is 2.20. The third-order valence-corrected chi connectivity index (χ3v) is 4.79. The van der Waals surface area contributed by atoms with Gasteiger partial charge in [0.15, 0.2) is 0 Å². The molecular weight excluding hydrogens is 234 g/mol. The summed E-state index contributed by atoms with van der Waals surface area (Å²) in [5, 5.41) is 3.76. The van der Waals surface area contributed by atoms with E-state index in [1.54, 1.807) is 0 Å². The lowest BCUT2D eigenvalue weighted by atomic mass is 9.90. The molecule has 0 aromatic rings. The van der Waals surface area contributed by atoms with Gasteiger partial charge in [0.25, 0.3) is 0 Å². The second-order valence-electron chi connectivity index (χ2n) is 6.25. The molecule has 0 radical (unpaired) electrons. The Morgan fingerprint density at radius 2 is 1.79 bits per heavy atom. The molecule has 114 valence electrons. The molecule has 0 saturated carbocycles. The largest absolute Gasteiger partial charge is 0.313 e. The molecular formula is C16H35N3. The minimum absolute atomic E-state index is 0.639. The molecule has 1 fully saturated rings. The zero-order chi connectivity index (χ0) is 14.3. The SMILES string of the molecule is CCNC(CC(CC)CC)C1CN(C)CCCN1C. The Hall–Kier alpha value is -0.120. The molecule has 1 N–H and O–H groups in total. The fourth-order valence-electron chi connectivity index (χ4n) is 3.36. The molecule has 0 aromatic heterocycles. The average molecular weight is 269 g/mol. The van der Waals surface area contributed by atoms with Gasteiger partial charge in [0, 0.05) is 18.6 Å². The quantitative estimate of drug-likeness (QED) is 0.766. The summed E-state index contributed by atoms with van der Waals surface area (Å²) in [4.78, 5) is 5.09. The van der Waals surface area contributed by atoms with E-state index in [4.69, 9.17) is 0 Å². The Labute approximate surface area is 120 Å². The first kappa shape index (κ1) is 16.9. The molecule has 1 saturated heterocycles. The van der Waals surface area contributed by atoms with Crippen LogP contribution in [0.25, 0.3) is 0 Å². The molecule has 3 heteroatoms. The molecule has 19 heavy (non-hydrogen) atoms. The summed E-state index contributed by atoms with van der Waals surface area (Å²) in [6.07, 6.45) is 5.24. The van der Waals surface area contributed by atoms with E-state index >= 15 is 0 Å². The minimum atomic E-state index is 0.639. The summed E-state index contributed by atoms with van der Waals surface area (Å²) in [5.41, 5.74) is 0. The highest BCUT2D eigenvalue weighted by Gasteiger charge is 2.29. The van der Waals surface area contributed by atoms with Crippen LogP contribution >= 0.6 is 0 Å². The number of rotatable bonds is 7. The normalized spacial score (nSPS) is 24.6. The molecule has 0 aliphatic carbocycles. The Morgan fingerprint density at radius 1 is 1.11 bits per heavy atom. The summed E-state index contributed by atoms with van der Waals surface area (Å²) in [6, 6.07) is 1.30. The van der Waals surface area contributed by atoms with Gasteiger partial charge < -0.3 is 15.1 Å². The van der Waals surface area contributed by atoms with E-state index in [0.29, 0.717) is 12.1 Å². The summed E-state index contributed by atoms with van der Waals surface area (Å²) in [5.74, 6) is 0.867. The van der Waals surface area contributed by atoms with Crippen molar-refractivity contribution >= 4 is 0 Å². The summed E-state index contributed by atoms with van der Waals surface area (Å²) >= 11 is 0. The standard InChI is InChI=1S/C16H35N3/c1-6-14(7-2)12-15(17-8-3)16-13-18(4)10-9-11-19(16)5/h14-17H,6-13H2,1-5H3. The first-order chi connectivity index (χ1) is 9.12. The average Bonchev–Trinajstić information content (AvgIpc) is 2.56. The predicted molar refractivity (Wildman–Crippen MR) is 84.7 cm³/mol.